The van der Waals surface area contributed by atoms with Gasteiger partial charge in [-0.05, 0) is 6.92 Å². The maximum atomic E-state index is 5.51. The van der Waals surface area contributed by atoms with Crippen molar-refractivity contribution in [2.24, 2.45) is 0 Å². The number of ether oxygens (including phenoxy) is 12. The first-order chi connectivity index (χ1) is 21.4. The van der Waals surface area contributed by atoms with Gasteiger partial charge in [-0.3, -0.25) is 0 Å². The van der Waals surface area contributed by atoms with Gasteiger partial charge in [0.1, 0.15) is 0 Å². The summed E-state index contributed by atoms with van der Waals surface area (Å²) in [6.07, 6.45) is 3.67. The molecule has 0 fully saturated rings. The van der Waals surface area contributed by atoms with E-state index in [-0.39, 0.29) is 0 Å². The fourth-order valence-electron chi connectivity index (χ4n) is 3.09. The third-order valence-corrected chi connectivity index (χ3v) is 5.37. The molecule has 0 saturated heterocycles. The first-order valence-electron chi connectivity index (χ1n) is 15.1. The highest BCUT2D eigenvalue weighted by Crippen LogP contribution is 1.88. The summed E-state index contributed by atoms with van der Waals surface area (Å²) in [4.78, 5) is 0. The first kappa shape index (κ1) is 39.7. The van der Waals surface area contributed by atoms with Crippen LogP contribution in [0.1, 0.15) is 6.92 Å². The molecule has 1 aromatic rings. The minimum Gasteiger partial charge on any atom is -0.382 e. The van der Waals surface area contributed by atoms with Crippen molar-refractivity contribution in [2.75, 3.05) is 152 Å². The molecule has 0 N–H and O–H groups in total. The summed E-state index contributed by atoms with van der Waals surface area (Å²) in [5.41, 5.74) is 0. The Morgan fingerprint density at radius 2 is 0.721 bits per heavy atom. The molecule has 0 aliphatic heterocycles. The van der Waals surface area contributed by atoms with Crippen LogP contribution in [0.25, 0.3) is 0 Å². The topological polar surface area (TPSA) is 132 Å². The van der Waals surface area contributed by atoms with E-state index in [1.165, 1.54) is 0 Å². The van der Waals surface area contributed by atoms with E-state index in [4.69, 9.17) is 56.8 Å². The molecule has 0 atom stereocenters. The van der Waals surface area contributed by atoms with E-state index in [1.54, 1.807) is 18.1 Å². The molecule has 254 valence electrons. The zero-order chi connectivity index (χ0) is 30.7. The van der Waals surface area contributed by atoms with Crippen molar-refractivity contribution in [1.29, 1.82) is 0 Å². The lowest BCUT2D eigenvalue weighted by atomic mass is 10.6. The third-order valence-electron chi connectivity index (χ3n) is 5.37. The van der Waals surface area contributed by atoms with Crippen LogP contribution in [0.4, 0.5) is 0 Å². The molecule has 43 heavy (non-hydrogen) atoms. The minimum atomic E-state index is 0.413. The number of aromatic nitrogens is 3. The summed E-state index contributed by atoms with van der Waals surface area (Å²) in [6, 6.07) is 0. The molecular formula is C28H56N3O12+. The normalized spacial score (nSPS) is 11.6. The van der Waals surface area contributed by atoms with Crippen LogP contribution in [0.5, 0.6) is 0 Å². The Hall–Kier alpha value is -1.34. The van der Waals surface area contributed by atoms with Crippen LogP contribution >= 0.6 is 0 Å². The number of hydrogen-bond donors (Lipinski definition) is 0. The number of hydrogen-bond acceptors (Lipinski definition) is 13. The predicted molar refractivity (Wildman–Crippen MR) is 154 cm³/mol. The maximum absolute atomic E-state index is 5.51. The zero-order valence-electron chi connectivity index (χ0n) is 26.4. The SMILES string of the molecule is CC[n+]1cnn(COCCOCCOCCOCCOCCOCCOCCOCCOCCOCCOCCOC)c1. The van der Waals surface area contributed by atoms with Crippen LogP contribution in [0.15, 0.2) is 12.7 Å². The largest absolute Gasteiger partial charge is 0.382 e. The van der Waals surface area contributed by atoms with Crippen LogP contribution in [-0.4, -0.2) is 162 Å². The zero-order valence-corrected chi connectivity index (χ0v) is 26.4. The van der Waals surface area contributed by atoms with E-state index < -0.39 is 0 Å². The molecule has 0 aromatic carbocycles. The molecule has 0 aliphatic rings. The highest BCUT2D eigenvalue weighted by Gasteiger charge is 2.03. The van der Waals surface area contributed by atoms with Crippen molar-refractivity contribution < 1.29 is 61.4 Å². The molecule has 15 heteroatoms. The second-order valence-corrected chi connectivity index (χ2v) is 8.77. The van der Waals surface area contributed by atoms with Gasteiger partial charge < -0.3 is 56.8 Å². The summed E-state index contributed by atoms with van der Waals surface area (Å²) in [6.45, 7) is 14.9. The van der Waals surface area contributed by atoms with Crippen LogP contribution in [0, 0.1) is 0 Å². The van der Waals surface area contributed by atoms with Crippen molar-refractivity contribution in [3.63, 3.8) is 0 Å². The summed E-state index contributed by atoms with van der Waals surface area (Å²) in [5, 5.41) is 4.18. The molecule has 0 aliphatic carbocycles. The fourth-order valence-corrected chi connectivity index (χ4v) is 3.09. The Balaban J connectivity index is 1.62. The predicted octanol–water partition coefficient (Wildman–Crippen LogP) is -0.0230. The van der Waals surface area contributed by atoms with Crippen LogP contribution in [0.2, 0.25) is 0 Å². The van der Waals surface area contributed by atoms with E-state index in [2.05, 4.69) is 12.0 Å². The lowest BCUT2D eigenvalue weighted by Gasteiger charge is -2.09. The molecule has 1 aromatic heterocycles. The smallest absolute Gasteiger partial charge is 0.265 e. The molecule has 0 unspecified atom stereocenters. The van der Waals surface area contributed by atoms with Gasteiger partial charge in [-0.1, -0.05) is 4.68 Å². The standard InChI is InChI=1S/C28H56N3O12/c1-3-30-26-29-31(27-30)28-43-25-24-42-23-22-41-21-20-40-19-18-39-17-16-38-15-14-37-13-12-36-11-10-35-9-8-34-7-6-33-5-4-32-2/h26-27H,3-25,28H2,1-2H3/q+1. The molecule has 1 heterocycles. The maximum Gasteiger partial charge on any atom is 0.265 e. The van der Waals surface area contributed by atoms with E-state index in [1.807, 2.05) is 10.9 Å². The summed E-state index contributed by atoms with van der Waals surface area (Å²) in [5.74, 6) is 0. The number of rotatable bonds is 36. The summed E-state index contributed by atoms with van der Waals surface area (Å²) >= 11 is 0. The second-order valence-electron chi connectivity index (χ2n) is 8.77. The van der Waals surface area contributed by atoms with Gasteiger partial charge in [-0.15, -0.1) is 0 Å². The van der Waals surface area contributed by atoms with Crippen LogP contribution in [-0.2, 0) is 70.1 Å². The number of nitrogens with zero attached hydrogens (tertiary/aromatic N) is 3. The molecule has 15 nitrogen and oxygen atoms in total. The Labute approximate surface area is 256 Å². The Morgan fingerprint density at radius 3 is 0.977 bits per heavy atom. The van der Waals surface area contributed by atoms with Crippen LogP contribution in [0.3, 0.4) is 0 Å². The summed E-state index contributed by atoms with van der Waals surface area (Å²) < 4.78 is 68.5. The van der Waals surface area contributed by atoms with Crippen molar-refractivity contribution in [2.45, 2.75) is 20.2 Å². The van der Waals surface area contributed by atoms with Gasteiger partial charge in [-0.2, -0.15) is 0 Å². The minimum absolute atomic E-state index is 0.413. The Morgan fingerprint density at radius 1 is 0.442 bits per heavy atom. The van der Waals surface area contributed by atoms with E-state index in [9.17, 15) is 0 Å². The first-order valence-corrected chi connectivity index (χ1v) is 15.1. The van der Waals surface area contributed by atoms with Crippen molar-refractivity contribution in [1.82, 2.24) is 9.78 Å². The molecule has 0 radical (unpaired) electrons. The fraction of sp³-hybridized carbons (Fsp3) is 0.929. The van der Waals surface area contributed by atoms with Crippen molar-refractivity contribution in [3.8, 4) is 0 Å². The Kier molecular flexibility index (Phi) is 31.0. The summed E-state index contributed by atoms with van der Waals surface area (Å²) in [7, 11) is 1.65. The van der Waals surface area contributed by atoms with Gasteiger partial charge in [-0.25, -0.2) is 4.57 Å². The van der Waals surface area contributed by atoms with Gasteiger partial charge in [0.2, 0.25) is 13.1 Å². The van der Waals surface area contributed by atoms with E-state index in [0.717, 1.165) is 6.54 Å². The molecule has 0 bridgehead atoms. The lowest BCUT2D eigenvalue weighted by molar-refractivity contribution is -0.694. The van der Waals surface area contributed by atoms with Gasteiger partial charge in [0.25, 0.3) is 6.33 Å². The van der Waals surface area contributed by atoms with Gasteiger partial charge in [0, 0.05) is 12.2 Å². The third kappa shape index (κ3) is 29.1. The molecular weight excluding hydrogens is 570 g/mol. The number of aryl methyl sites for hydroxylation is 1. The van der Waals surface area contributed by atoms with Crippen molar-refractivity contribution >= 4 is 0 Å². The van der Waals surface area contributed by atoms with Gasteiger partial charge in [0.05, 0.1) is 152 Å². The van der Waals surface area contributed by atoms with E-state index in [0.29, 0.717) is 152 Å². The van der Waals surface area contributed by atoms with Gasteiger partial charge in [0.15, 0.2) is 0 Å². The monoisotopic (exact) mass is 626 g/mol. The lowest BCUT2D eigenvalue weighted by Crippen LogP contribution is -2.29. The Bertz CT molecular complexity index is 675. The van der Waals surface area contributed by atoms with Crippen molar-refractivity contribution in [3.05, 3.63) is 12.7 Å². The average Bonchev–Trinajstić information content (AvgIpc) is 3.49. The van der Waals surface area contributed by atoms with Gasteiger partial charge >= 0.3 is 0 Å². The number of methoxy groups -OCH3 is 1. The molecule has 0 spiro atoms. The van der Waals surface area contributed by atoms with Crippen LogP contribution < -0.4 is 4.57 Å². The van der Waals surface area contributed by atoms with E-state index >= 15 is 0 Å². The highest BCUT2D eigenvalue weighted by molar-refractivity contribution is 4.42. The average molecular weight is 627 g/mol. The quantitative estimate of drug-likeness (QED) is 0.0731. The second kappa shape index (κ2) is 33.6. The highest BCUT2D eigenvalue weighted by atomic mass is 16.6. The molecule has 0 amide bonds. The molecule has 1 rings (SSSR count). The molecule has 0 saturated carbocycles.